The lowest BCUT2D eigenvalue weighted by Crippen LogP contribution is -2.42. The summed E-state index contributed by atoms with van der Waals surface area (Å²) in [6, 6.07) is -0.564. The first kappa shape index (κ1) is 13.4. The number of hydroxylamine groups is 2. The van der Waals surface area contributed by atoms with Gasteiger partial charge in [0.2, 0.25) is 0 Å². The van der Waals surface area contributed by atoms with Crippen molar-refractivity contribution in [3.63, 3.8) is 0 Å². The number of carbonyl (C=O) groups is 4. The molecule has 0 aromatic carbocycles. The zero-order valence-corrected chi connectivity index (χ0v) is 10.1. The lowest BCUT2D eigenvalue weighted by Gasteiger charge is -2.23. The highest BCUT2D eigenvalue weighted by molar-refractivity contribution is 6.13. The number of amides is 4. The Kier molecular flexibility index (Phi) is 3.45. The van der Waals surface area contributed by atoms with Gasteiger partial charge in [-0.1, -0.05) is 0 Å². The third kappa shape index (κ3) is 2.40. The number of carbonyl (C=O) groups excluding carboxylic acids is 4. The molecule has 0 aliphatic carbocycles. The van der Waals surface area contributed by atoms with Gasteiger partial charge in [0, 0.05) is 12.2 Å². The Morgan fingerprint density at radius 3 is 2.37 bits per heavy atom. The summed E-state index contributed by atoms with van der Waals surface area (Å²) in [7, 11) is 0. The van der Waals surface area contributed by atoms with Gasteiger partial charge in [0.25, 0.3) is 23.6 Å². The van der Waals surface area contributed by atoms with Crippen molar-refractivity contribution >= 4 is 23.6 Å². The SMILES string of the molecule is CC(COC1CC(=O)N(O)C1=O)N1C(=O)C=CC1=O. The molecule has 2 unspecified atom stereocenters. The average Bonchev–Trinajstić information content (AvgIpc) is 2.82. The molecule has 2 rings (SSSR count). The van der Waals surface area contributed by atoms with Crippen LogP contribution in [0.1, 0.15) is 13.3 Å². The summed E-state index contributed by atoms with van der Waals surface area (Å²) >= 11 is 0. The van der Waals surface area contributed by atoms with E-state index in [1.54, 1.807) is 6.92 Å². The smallest absolute Gasteiger partial charge is 0.282 e. The van der Waals surface area contributed by atoms with Crippen molar-refractivity contribution in [2.24, 2.45) is 0 Å². The van der Waals surface area contributed by atoms with Gasteiger partial charge in [0.1, 0.15) is 6.10 Å². The van der Waals surface area contributed by atoms with Crippen LogP contribution < -0.4 is 0 Å². The van der Waals surface area contributed by atoms with Gasteiger partial charge in [0.15, 0.2) is 0 Å². The summed E-state index contributed by atoms with van der Waals surface area (Å²) < 4.78 is 5.18. The second kappa shape index (κ2) is 4.90. The Hall–Kier alpha value is -2.06. The fourth-order valence-corrected chi connectivity index (χ4v) is 1.90. The molecule has 102 valence electrons. The number of imide groups is 2. The van der Waals surface area contributed by atoms with Gasteiger partial charge in [-0.05, 0) is 6.92 Å². The van der Waals surface area contributed by atoms with E-state index in [-0.39, 0.29) is 18.1 Å². The summed E-state index contributed by atoms with van der Waals surface area (Å²) in [6.07, 6.45) is 0.986. The number of ether oxygens (including phenoxy) is 1. The van der Waals surface area contributed by atoms with E-state index in [1.807, 2.05) is 0 Å². The van der Waals surface area contributed by atoms with Crippen molar-refractivity contribution in [2.75, 3.05) is 6.61 Å². The summed E-state index contributed by atoms with van der Waals surface area (Å²) in [5.41, 5.74) is 0. The molecule has 4 amide bonds. The van der Waals surface area contributed by atoms with Crippen LogP contribution >= 0.6 is 0 Å². The molecule has 1 N–H and O–H groups in total. The van der Waals surface area contributed by atoms with Crippen LogP contribution in [0.4, 0.5) is 0 Å². The maximum absolute atomic E-state index is 11.4. The van der Waals surface area contributed by atoms with E-state index in [0.29, 0.717) is 0 Å². The average molecular weight is 268 g/mol. The first-order valence-corrected chi connectivity index (χ1v) is 5.64. The van der Waals surface area contributed by atoms with Crippen molar-refractivity contribution in [3.05, 3.63) is 12.2 Å². The van der Waals surface area contributed by atoms with Gasteiger partial charge in [-0.2, -0.15) is 5.06 Å². The van der Waals surface area contributed by atoms with Crippen molar-refractivity contribution in [2.45, 2.75) is 25.5 Å². The highest BCUT2D eigenvalue weighted by Crippen LogP contribution is 2.16. The van der Waals surface area contributed by atoms with E-state index >= 15 is 0 Å². The maximum Gasteiger partial charge on any atom is 0.282 e. The maximum atomic E-state index is 11.4. The van der Waals surface area contributed by atoms with Crippen LogP contribution in [0.2, 0.25) is 0 Å². The fourth-order valence-electron chi connectivity index (χ4n) is 1.90. The summed E-state index contributed by atoms with van der Waals surface area (Å²) in [6.45, 7) is 1.50. The number of rotatable bonds is 4. The molecule has 19 heavy (non-hydrogen) atoms. The van der Waals surface area contributed by atoms with Crippen LogP contribution in [-0.2, 0) is 23.9 Å². The highest BCUT2D eigenvalue weighted by Gasteiger charge is 2.39. The molecule has 1 saturated heterocycles. The zero-order chi connectivity index (χ0) is 14.2. The minimum atomic E-state index is -1.07. The van der Waals surface area contributed by atoms with E-state index in [0.717, 1.165) is 17.1 Å². The summed E-state index contributed by atoms with van der Waals surface area (Å²) in [5, 5.41) is 9.04. The molecule has 2 aliphatic heterocycles. The van der Waals surface area contributed by atoms with Crippen LogP contribution in [0, 0.1) is 0 Å². The fraction of sp³-hybridized carbons (Fsp3) is 0.455. The standard InChI is InChI=1S/C11H12N2O6/c1-6(12-8(14)2-3-9(12)15)5-19-7-4-10(16)13(18)11(7)17/h2-3,6-7,18H,4-5H2,1H3. The monoisotopic (exact) mass is 268 g/mol. The van der Waals surface area contributed by atoms with Crippen molar-refractivity contribution < 1.29 is 29.1 Å². The number of nitrogens with zero attached hydrogens (tertiary/aromatic N) is 2. The molecule has 0 aromatic rings. The minimum Gasteiger partial charge on any atom is -0.366 e. The van der Waals surface area contributed by atoms with Gasteiger partial charge in [0.05, 0.1) is 19.1 Å². The van der Waals surface area contributed by atoms with Gasteiger partial charge < -0.3 is 4.74 Å². The first-order valence-electron chi connectivity index (χ1n) is 5.64. The molecule has 0 radical (unpaired) electrons. The number of hydrogen-bond acceptors (Lipinski definition) is 6. The topological polar surface area (TPSA) is 104 Å². The molecule has 2 heterocycles. The molecule has 0 saturated carbocycles. The Labute approximate surface area is 108 Å². The van der Waals surface area contributed by atoms with Gasteiger partial charge in [-0.15, -0.1) is 0 Å². The molecule has 8 heteroatoms. The third-order valence-corrected chi connectivity index (χ3v) is 2.90. The molecular formula is C11H12N2O6. The molecule has 0 spiro atoms. The van der Waals surface area contributed by atoms with Crippen LogP contribution in [0.5, 0.6) is 0 Å². The molecule has 8 nitrogen and oxygen atoms in total. The Bertz CT molecular complexity index is 468. The molecule has 2 aliphatic rings. The van der Waals surface area contributed by atoms with Gasteiger partial charge in [-0.25, -0.2) is 0 Å². The van der Waals surface area contributed by atoms with Gasteiger partial charge in [-0.3, -0.25) is 29.3 Å². The highest BCUT2D eigenvalue weighted by atomic mass is 16.6. The summed E-state index contributed by atoms with van der Waals surface area (Å²) in [5.74, 6) is -2.47. The van der Waals surface area contributed by atoms with Gasteiger partial charge >= 0.3 is 0 Å². The third-order valence-electron chi connectivity index (χ3n) is 2.90. The molecule has 2 atom stereocenters. The first-order chi connectivity index (χ1) is 8.91. The lowest BCUT2D eigenvalue weighted by atomic mass is 10.2. The van der Waals surface area contributed by atoms with Crippen LogP contribution in [0.15, 0.2) is 12.2 Å². The van der Waals surface area contributed by atoms with Crippen LogP contribution in [-0.4, -0.2) is 57.6 Å². The Morgan fingerprint density at radius 2 is 1.89 bits per heavy atom. The molecule has 1 fully saturated rings. The largest absolute Gasteiger partial charge is 0.366 e. The van der Waals surface area contributed by atoms with Crippen LogP contribution in [0.25, 0.3) is 0 Å². The second-order valence-corrected chi connectivity index (χ2v) is 4.30. The van der Waals surface area contributed by atoms with Crippen LogP contribution in [0.3, 0.4) is 0 Å². The Balaban J connectivity index is 1.90. The second-order valence-electron chi connectivity index (χ2n) is 4.30. The minimum absolute atomic E-state index is 0.0169. The quantitative estimate of drug-likeness (QED) is 0.509. The molecule has 0 aromatic heterocycles. The van der Waals surface area contributed by atoms with E-state index < -0.39 is 35.8 Å². The Morgan fingerprint density at radius 1 is 1.32 bits per heavy atom. The zero-order valence-electron chi connectivity index (χ0n) is 10.1. The molecular weight excluding hydrogens is 256 g/mol. The predicted octanol–water partition coefficient (Wildman–Crippen LogP) is -1.17. The van der Waals surface area contributed by atoms with Crippen molar-refractivity contribution in [1.29, 1.82) is 0 Å². The van der Waals surface area contributed by atoms with E-state index in [4.69, 9.17) is 9.94 Å². The molecule has 0 bridgehead atoms. The lowest BCUT2D eigenvalue weighted by molar-refractivity contribution is -0.174. The van der Waals surface area contributed by atoms with Crippen molar-refractivity contribution in [1.82, 2.24) is 9.96 Å². The predicted molar refractivity (Wildman–Crippen MR) is 58.5 cm³/mol. The normalized spacial score (nSPS) is 24.8. The van der Waals surface area contributed by atoms with E-state index in [2.05, 4.69) is 0 Å². The van der Waals surface area contributed by atoms with E-state index in [9.17, 15) is 19.2 Å². The van der Waals surface area contributed by atoms with E-state index in [1.165, 1.54) is 0 Å². The summed E-state index contributed by atoms with van der Waals surface area (Å²) in [4.78, 5) is 46.2. The van der Waals surface area contributed by atoms with Crippen molar-refractivity contribution in [3.8, 4) is 0 Å². The number of hydrogen-bond donors (Lipinski definition) is 1.